The second-order valence-corrected chi connectivity index (χ2v) is 4.83. The Hall–Kier alpha value is -1.82. The predicted octanol–water partition coefficient (Wildman–Crippen LogP) is 0.960. The molecule has 0 saturated heterocycles. The van der Waals surface area contributed by atoms with Gasteiger partial charge in [-0.2, -0.15) is 0 Å². The molecule has 1 aromatic carbocycles. The van der Waals surface area contributed by atoms with Crippen LogP contribution in [0.25, 0.3) is 0 Å². The van der Waals surface area contributed by atoms with Crippen LogP contribution in [0.15, 0.2) is 29.3 Å². The zero-order valence-corrected chi connectivity index (χ0v) is 10.7. The van der Waals surface area contributed by atoms with E-state index in [1.807, 2.05) is 0 Å². The van der Waals surface area contributed by atoms with Crippen molar-refractivity contribution in [3.05, 3.63) is 35.4 Å². The second-order valence-electron chi connectivity index (χ2n) is 3.72. The average molecular weight is 263 g/mol. The molecule has 0 unspecified atom stereocenters. The molecular weight excluding hydrogens is 250 g/mol. The van der Waals surface area contributed by atoms with Crippen LogP contribution < -0.4 is 5.73 Å². The fourth-order valence-electron chi connectivity index (χ4n) is 1.75. The smallest absolute Gasteiger partial charge is 0.261 e. The molecule has 0 saturated carbocycles. The van der Waals surface area contributed by atoms with E-state index in [0.29, 0.717) is 28.6 Å². The molecule has 0 aromatic heterocycles. The van der Waals surface area contributed by atoms with E-state index in [2.05, 4.69) is 4.99 Å². The van der Waals surface area contributed by atoms with E-state index in [0.717, 1.165) is 0 Å². The topological polar surface area (TPSA) is 75.8 Å². The molecule has 18 heavy (non-hydrogen) atoms. The summed E-state index contributed by atoms with van der Waals surface area (Å²) >= 11 is 1.33. The third-order valence-corrected chi connectivity index (χ3v) is 3.53. The van der Waals surface area contributed by atoms with Crippen LogP contribution in [0.5, 0.6) is 0 Å². The predicted molar refractivity (Wildman–Crippen MR) is 71.8 cm³/mol. The number of amides is 2. The molecule has 1 aliphatic heterocycles. The summed E-state index contributed by atoms with van der Waals surface area (Å²) in [5, 5.41) is 0.451. The van der Waals surface area contributed by atoms with Crippen molar-refractivity contribution in [2.75, 3.05) is 19.3 Å². The van der Waals surface area contributed by atoms with Crippen molar-refractivity contribution in [3.8, 4) is 0 Å². The minimum atomic E-state index is -0.233. The highest BCUT2D eigenvalue weighted by atomic mass is 32.2. The number of rotatable bonds is 3. The first-order chi connectivity index (χ1) is 8.65. The van der Waals surface area contributed by atoms with Gasteiger partial charge in [0.2, 0.25) is 0 Å². The number of nitrogens with zero attached hydrogens (tertiary/aromatic N) is 2. The molecule has 0 fully saturated rings. The van der Waals surface area contributed by atoms with Crippen LogP contribution in [-0.4, -0.2) is 41.2 Å². The molecule has 94 valence electrons. The SMILES string of the molecule is CN=C(N)SCCN1C(=O)c2ccccc2C1=O. The van der Waals surface area contributed by atoms with Gasteiger partial charge in [0.15, 0.2) is 5.17 Å². The Morgan fingerprint density at radius 3 is 2.33 bits per heavy atom. The van der Waals surface area contributed by atoms with Gasteiger partial charge in [-0.25, -0.2) is 0 Å². The number of carbonyl (C=O) groups is 2. The Balaban J connectivity index is 2.05. The number of benzene rings is 1. The van der Waals surface area contributed by atoms with E-state index in [1.54, 1.807) is 31.3 Å². The third kappa shape index (κ3) is 2.24. The summed E-state index contributed by atoms with van der Waals surface area (Å²) in [5.41, 5.74) is 6.49. The quantitative estimate of drug-likeness (QED) is 0.500. The van der Waals surface area contributed by atoms with Crippen molar-refractivity contribution in [1.29, 1.82) is 0 Å². The van der Waals surface area contributed by atoms with Gasteiger partial charge in [0.25, 0.3) is 11.8 Å². The third-order valence-electron chi connectivity index (χ3n) is 2.66. The summed E-state index contributed by atoms with van der Waals surface area (Å²) in [6.07, 6.45) is 0. The van der Waals surface area contributed by atoms with Gasteiger partial charge in [-0.1, -0.05) is 23.9 Å². The fourth-order valence-corrected chi connectivity index (χ4v) is 2.36. The van der Waals surface area contributed by atoms with Crippen molar-refractivity contribution in [2.24, 2.45) is 10.7 Å². The first-order valence-electron chi connectivity index (χ1n) is 5.45. The molecule has 1 heterocycles. The van der Waals surface area contributed by atoms with Gasteiger partial charge in [-0.3, -0.25) is 19.5 Å². The Bertz CT molecular complexity index is 493. The number of hydrogen-bond donors (Lipinski definition) is 1. The number of hydrogen-bond acceptors (Lipinski definition) is 4. The highest BCUT2D eigenvalue weighted by molar-refractivity contribution is 8.13. The number of amidine groups is 1. The van der Waals surface area contributed by atoms with E-state index in [-0.39, 0.29) is 11.8 Å². The molecule has 5 nitrogen and oxygen atoms in total. The summed E-state index contributed by atoms with van der Waals surface area (Å²) in [7, 11) is 1.60. The summed E-state index contributed by atoms with van der Waals surface area (Å²) in [6.45, 7) is 0.341. The number of imide groups is 1. The van der Waals surface area contributed by atoms with Crippen molar-refractivity contribution < 1.29 is 9.59 Å². The van der Waals surface area contributed by atoms with E-state index in [4.69, 9.17) is 5.73 Å². The summed E-state index contributed by atoms with van der Waals surface area (Å²) in [6, 6.07) is 6.85. The van der Waals surface area contributed by atoms with Gasteiger partial charge in [0.1, 0.15) is 0 Å². The van der Waals surface area contributed by atoms with Crippen molar-refractivity contribution in [1.82, 2.24) is 4.90 Å². The van der Waals surface area contributed by atoms with Crippen LogP contribution in [0.4, 0.5) is 0 Å². The maximum atomic E-state index is 12.0. The van der Waals surface area contributed by atoms with Gasteiger partial charge < -0.3 is 5.73 Å². The van der Waals surface area contributed by atoms with Crippen molar-refractivity contribution in [2.45, 2.75) is 0 Å². The van der Waals surface area contributed by atoms with Crippen molar-refractivity contribution >= 4 is 28.7 Å². The maximum absolute atomic E-state index is 12.0. The molecule has 0 atom stereocenters. The lowest BCUT2D eigenvalue weighted by molar-refractivity contribution is 0.0664. The summed E-state index contributed by atoms with van der Waals surface area (Å²) < 4.78 is 0. The number of fused-ring (bicyclic) bond motifs is 1. The van der Waals surface area contributed by atoms with Gasteiger partial charge in [0.05, 0.1) is 11.1 Å². The van der Waals surface area contributed by atoms with Crippen molar-refractivity contribution in [3.63, 3.8) is 0 Å². The molecule has 1 aliphatic rings. The molecule has 2 N–H and O–H groups in total. The average Bonchev–Trinajstić information content (AvgIpc) is 2.64. The van der Waals surface area contributed by atoms with Crippen LogP contribution in [0.1, 0.15) is 20.7 Å². The lowest BCUT2D eigenvalue weighted by atomic mass is 10.1. The van der Waals surface area contributed by atoms with Crippen LogP contribution in [-0.2, 0) is 0 Å². The van der Waals surface area contributed by atoms with Crippen LogP contribution in [0.3, 0.4) is 0 Å². The molecule has 0 spiro atoms. The van der Waals surface area contributed by atoms with E-state index < -0.39 is 0 Å². The Morgan fingerprint density at radius 1 is 1.28 bits per heavy atom. The van der Waals surface area contributed by atoms with Crippen LogP contribution in [0.2, 0.25) is 0 Å². The summed E-state index contributed by atoms with van der Waals surface area (Å²) in [5.74, 6) is 0.0840. The molecule has 0 bridgehead atoms. The normalized spacial score (nSPS) is 15.2. The first kappa shape index (κ1) is 12.6. The number of aliphatic imine (C=N–C) groups is 1. The number of carbonyl (C=O) groups excluding carboxylic acids is 2. The van der Waals surface area contributed by atoms with E-state index >= 15 is 0 Å². The van der Waals surface area contributed by atoms with Gasteiger partial charge in [-0.05, 0) is 12.1 Å². The Labute approximate surface area is 109 Å². The molecule has 0 aliphatic carbocycles. The maximum Gasteiger partial charge on any atom is 0.261 e. The minimum Gasteiger partial charge on any atom is -0.379 e. The highest BCUT2D eigenvalue weighted by Gasteiger charge is 2.34. The highest BCUT2D eigenvalue weighted by Crippen LogP contribution is 2.22. The monoisotopic (exact) mass is 263 g/mol. The Kier molecular flexibility index (Phi) is 3.66. The zero-order valence-electron chi connectivity index (χ0n) is 9.92. The summed E-state index contributed by atoms with van der Waals surface area (Å²) in [4.78, 5) is 29.0. The van der Waals surface area contributed by atoms with Crippen LogP contribution in [0, 0.1) is 0 Å². The van der Waals surface area contributed by atoms with E-state index in [9.17, 15) is 9.59 Å². The molecule has 1 aromatic rings. The molecule has 0 radical (unpaired) electrons. The lowest BCUT2D eigenvalue weighted by Gasteiger charge is -2.12. The molecule has 6 heteroatoms. The Morgan fingerprint density at radius 2 is 1.83 bits per heavy atom. The van der Waals surface area contributed by atoms with Gasteiger partial charge in [-0.15, -0.1) is 0 Å². The lowest BCUT2D eigenvalue weighted by Crippen LogP contribution is -2.32. The zero-order chi connectivity index (χ0) is 13.1. The molecule has 2 amide bonds. The molecular formula is C12H13N3O2S. The van der Waals surface area contributed by atoms with E-state index in [1.165, 1.54) is 16.7 Å². The first-order valence-corrected chi connectivity index (χ1v) is 6.44. The largest absolute Gasteiger partial charge is 0.379 e. The van der Waals surface area contributed by atoms with Crippen LogP contribution >= 0.6 is 11.8 Å². The molecule has 2 rings (SSSR count). The standard InChI is InChI=1S/C12H13N3O2S/c1-14-12(13)18-7-6-15-10(16)8-4-2-3-5-9(8)11(15)17/h2-5H,6-7H2,1H3,(H2,13,14). The number of nitrogens with two attached hydrogens (primary N) is 1. The minimum absolute atomic E-state index is 0.233. The number of thioether (sulfide) groups is 1. The van der Waals surface area contributed by atoms with Gasteiger partial charge in [0, 0.05) is 19.3 Å². The van der Waals surface area contributed by atoms with Gasteiger partial charge >= 0.3 is 0 Å². The second kappa shape index (κ2) is 5.22. The fraction of sp³-hybridized carbons (Fsp3) is 0.250.